The fourth-order valence-corrected chi connectivity index (χ4v) is 7.19. The predicted molar refractivity (Wildman–Crippen MR) is 78.5 cm³/mol. The lowest BCUT2D eigenvalue weighted by atomic mass is 10.4. The molecule has 1 atom stereocenters. The van der Waals surface area contributed by atoms with Crippen LogP contribution in [0, 0.1) is 0 Å². The molecule has 114 valence electrons. The Labute approximate surface area is 122 Å². The van der Waals surface area contributed by atoms with Crippen molar-refractivity contribution in [2.75, 3.05) is 24.3 Å². The van der Waals surface area contributed by atoms with Crippen LogP contribution in [-0.4, -0.2) is 55.8 Å². The first kappa shape index (κ1) is 15.8. The molecule has 0 aromatic carbocycles. The van der Waals surface area contributed by atoms with E-state index in [2.05, 4.69) is 4.98 Å². The maximum Gasteiger partial charge on any atom is 0.245 e. The molecule has 0 aliphatic carbocycles. The molecule has 2 heterocycles. The van der Waals surface area contributed by atoms with Crippen LogP contribution in [0.3, 0.4) is 0 Å². The van der Waals surface area contributed by atoms with Crippen LogP contribution in [0.15, 0.2) is 17.2 Å². The molecule has 0 radical (unpaired) electrons. The van der Waals surface area contributed by atoms with Gasteiger partial charge < -0.3 is 10.7 Å². The number of rotatable bonds is 4. The summed E-state index contributed by atoms with van der Waals surface area (Å²) in [7, 11) is -7.30. The molecule has 0 amide bonds. The Morgan fingerprint density at radius 1 is 1.45 bits per heavy atom. The lowest BCUT2D eigenvalue weighted by Gasteiger charge is -2.32. The number of nitrogens with zero attached hydrogens (tertiary/aromatic N) is 1. The first-order valence-corrected chi connectivity index (χ1v) is 10.5. The highest BCUT2D eigenvalue weighted by Gasteiger charge is 2.39. The Hall–Kier alpha value is -0.550. The first-order chi connectivity index (χ1) is 9.26. The number of aromatic amines is 1. The van der Waals surface area contributed by atoms with E-state index in [4.69, 9.17) is 5.73 Å². The van der Waals surface area contributed by atoms with Crippen molar-refractivity contribution in [3.63, 3.8) is 0 Å². The molecule has 1 aliphatic rings. The van der Waals surface area contributed by atoms with E-state index in [1.54, 1.807) is 0 Å². The van der Waals surface area contributed by atoms with Crippen LogP contribution in [0.25, 0.3) is 0 Å². The number of hydrogen-bond donors (Lipinski definition) is 2. The van der Waals surface area contributed by atoms with E-state index in [-0.39, 0.29) is 23.7 Å². The molecule has 1 saturated heterocycles. The largest absolute Gasteiger partial charge is 0.363 e. The van der Waals surface area contributed by atoms with E-state index in [1.165, 1.54) is 24.0 Å². The van der Waals surface area contributed by atoms with Gasteiger partial charge in [0.1, 0.15) is 5.37 Å². The van der Waals surface area contributed by atoms with Crippen LogP contribution in [0.1, 0.15) is 5.69 Å². The molecule has 0 saturated carbocycles. The number of nitrogens with two attached hydrogens (primary N) is 1. The fourth-order valence-electron chi connectivity index (χ4n) is 2.00. The molecule has 1 unspecified atom stereocenters. The summed E-state index contributed by atoms with van der Waals surface area (Å²) in [6.07, 6.45) is 2.41. The van der Waals surface area contributed by atoms with Gasteiger partial charge in [-0.05, 0) is 6.07 Å². The van der Waals surface area contributed by atoms with Gasteiger partial charge in [-0.1, -0.05) is 0 Å². The second kappa shape index (κ2) is 5.68. The van der Waals surface area contributed by atoms with E-state index >= 15 is 0 Å². The Bertz CT molecular complexity index is 680. The van der Waals surface area contributed by atoms with Gasteiger partial charge in [0, 0.05) is 42.7 Å². The molecule has 1 aromatic rings. The summed E-state index contributed by atoms with van der Waals surface area (Å²) < 4.78 is 49.8. The van der Waals surface area contributed by atoms with Crippen LogP contribution in [0.2, 0.25) is 0 Å². The number of H-pyrrole nitrogens is 1. The van der Waals surface area contributed by atoms with Crippen molar-refractivity contribution < 1.29 is 16.8 Å². The summed E-state index contributed by atoms with van der Waals surface area (Å²) in [6.45, 7) is 0.384. The molecule has 2 rings (SSSR count). The molecule has 0 spiro atoms. The Balaban J connectivity index is 2.40. The maximum absolute atomic E-state index is 12.6. The van der Waals surface area contributed by atoms with Crippen molar-refractivity contribution in [2.45, 2.75) is 16.8 Å². The van der Waals surface area contributed by atoms with Crippen LogP contribution >= 0.6 is 11.8 Å². The van der Waals surface area contributed by atoms with Gasteiger partial charge in [0.05, 0.1) is 4.90 Å². The van der Waals surface area contributed by atoms with Gasteiger partial charge in [-0.25, -0.2) is 16.8 Å². The lowest BCUT2D eigenvalue weighted by Crippen LogP contribution is -2.49. The van der Waals surface area contributed by atoms with Gasteiger partial charge in [0.15, 0.2) is 9.84 Å². The second-order valence-electron chi connectivity index (χ2n) is 4.54. The summed E-state index contributed by atoms with van der Waals surface area (Å²) in [5, 5.41) is -1.01. The molecular formula is C10H17N3O4S3. The average Bonchev–Trinajstić information content (AvgIpc) is 2.87. The van der Waals surface area contributed by atoms with Crippen LogP contribution < -0.4 is 5.73 Å². The van der Waals surface area contributed by atoms with Gasteiger partial charge >= 0.3 is 0 Å². The standard InChI is InChI=1S/C10H17N3O4S3/c1-19(14,15)10-7-18-3-2-13(10)20(16,17)9-4-8(5-11)12-6-9/h4,6,10,12H,2-3,5,7,11H2,1H3. The molecule has 1 aliphatic heterocycles. The number of hydrogen-bond acceptors (Lipinski definition) is 6. The highest BCUT2D eigenvalue weighted by atomic mass is 32.2. The predicted octanol–water partition coefficient (Wildman–Crippen LogP) is -0.418. The fraction of sp³-hybridized carbons (Fsp3) is 0.600. The molecule has 20 heavy (non-hydrogen) atoms. The topological polar surface area (TPSA) is 113 Å². The highest BCUT2D eigenvalue weighted by molar-refractivity contribution is 8.01. The SMILES string of the molecule is CS(=O)(=O)C1CSCCN1S(=O)(=O)c1c[nH]c(CN)c1. The maximum atomic E-state index is 12.6. The highest BCUT2D eigenvalue weighted by Crippen LogP contribution is 2.27. The monoisotopic (exact) mass is 339 g/mol. The summed E-state index contributed by atoms with van der Waals surface area (Å²) >= 11 is 1.44. The third kappa shape index (κ3) is 3.03. The molecule has 3 N–H and O–H groups in total. The Kier molecular flexibility index (Phi) is 4.50. The summed E-state index contributed by atoms with van der Waals surface area (Å²) in [4.78, 5) is 2.82. The number of nitrogens with one attached hydrogen (secondary N) is 1. The average molecular weight is 339 g/mol. The minimum Gasteiger partial charge on any atom is -0.363 e. The molecule has 1 fully saturated rings. The van der Waals surface area contributed by atoms with Crippen molar-refractivity contribution in [1.82, 2.24) is 9.29 Å². The van der Waals surface area contributed by atoms with E-state index in [0.29, 0.717) is 11.4 Å². The van der Waals surface area contributed by atoms with E-state index in [1.807, 2.05) is 0 Å². The molecule has 10 heteroatoms. The van der Waals surface area contributed by atoms with Crippen molar-refractivity contribution in [1.29, 1.82) is 0 Å². The smallest absolute Gasteiger partial charge is 0.245 e. The van der Waals surface area contributed by atoms with Crippen molar-refractivity contribution in [3.05, 3.63) is 18.0 Å². The zero-order valence-electron chi connectivity index (χ0n) is 10.9. The van der Waals surface area contributed by atoms with E-state index in [9.17, 15) is 16.8 Å². The quantitative estimate of drug-likeness (QED) is 0.770. The molecule has 0 bridgehead atoms. The lowest BCUT2D eigenvalue weighted by molar-refractivity contribution is 0.405. The number of sulfone groups is 1. The minimum absolute atomic E-state index is 0.0542. The third-order valence-corrected chi connectivity index (χ3v) is 7.74. The summed E-state index contributed by atoms with van der Waals surface area (Å²) in [5.74, 6) is 0.839. The summed E-state index contributed by atoms with van der Waals surface area (Å²) in [5.41, 5.74) is 6.03. The van der Waals surface area contributed by atoms with Crippen molar-refractivity contribution in [2.24, 2.45) is 5.73 Å². The Morgan fingerprint density at radius 2 is 2.15 bits per heavy atom. The van der Waals surface area contributed by atoms with E-state index in [0.717, 1.165) is 10.6 Å². The minimum atomic E-state index is -3.83. The van der Waals surface area contributed by atoms with Crippen LogP contribution in [0.4, 0.5) is 0 Å². The second-order valence-corrected chi connectivity index (χ2v) is 9.78. The zero-order valence-corrected chi connectivity index (χ0v) is 13.4. The molecule has 7 nitrogen and oxygen atoms in total. The van der Waals surface area contributed by atoms with Crippen molar-refractivity contribution >= 4 is 31.6 Å². The number of aromatic nitrogens is 1. The van der Waals surface area contributed by atoms with E-state index < -0.39 is 25.2 Å². The third-order valence-electron chi connectivity index (χ3n) is 3.07. The normalized spacial score (nSPS) is 22.0. The zero-order chi connectivity index (χ0) is 15.0. The summed E-state index contributed by atoms with van der Waals surface area (Å²) in [6, 6.07) is 1.44. The molecular weight excluding hydrogens is 322 g/mol. The van der Waals surface area contributed by atoms with Gasteiger partial charge in [-0.15, -0.1) is 0 Å². The van der Waals surface area contributed by atoms with Gasteiger partial charge in [-0.3, -0.25) is 0 Å². The molecule has 1 aromatic heterocycles. The van der Waals surface area contributed by atoms with Gasteiger partial charge in [0.2, 0.25) is 10.0 Å². The van der Waals surface area contributed by atoms with Crippen LogP contribution in [-0.2, 0) is 26.4 Å². The van der Waals surface area contributed by atoms with Gasteiger partial charge in [-0.2, -0.15) is 16.1 Å². The number of thioether (sulfide) groups is 1. The number of sulfonamides is 1. The van der Waals surface area contributed by atoms with Crippen LogP contribution in [0.5, 0.6) is 0 Å². The Morgan fingerprint density at radius 3 is 2.70 bits per heavy atom. The van der Waals surface area contributed by atoms with Gasteiger partial charge in [0.25, 0.3) is 0 Å². The van der Waals surface area contributed by atoms with Crippen molar-refractivity contribution in [3.8, 4) is 0 Å². The first-order valence-electron chi connectivity index (χ1n) is 5.92.